The molecule has 108 valence electrons. The summed E-state index contributed by atoms with van der Waals surface area (Å²) in [7, 11) is 0. The van der Waals surface area contributed by atoms with Crippen molar-refractivity contribution in [3.8, 4) is 0 Å². The molecule has 0 aromatic carbocycles. The molecule has 1 aliphatic carbocycles. The molecule has 0 amide bonds. The van der Waals surface area contributed by atoms with Crippen LogP contribution in [-0.4, -0.2) is 23.5 Å². The molecule has 1 aromatic heterocycles. The second kappa shape index (κ2) is 6.58. The van der Waals surface area contributed by atoms with E-state index in [0.717, 1.165) is 37.2 Å². The third-order valence-corrected chi connectivity index (χ3v) is 3.83. The number of hydrogen-bond donors (Lipinski definition) is 1. The largest absolute Gasteiger partial charge is 0.465 e. The SMILES string of the molecule is CCCN(Cc1cc(CNC2CC2)oc1C)C(C)C. The Hall–Kier alpha value is -0.800. The van der Waals surface area contributed by atoms with Gasteiger partial charge < -0.3 is 9.73 Å². The molecule has 0 saturated heterocycles. The van der Waals surface area contributed by atoms with Crippen molar-refractivity contribution in [3.63, 3.8) is 0 Å². The first-order valence-corrected chi connectivity index (χ1v) is 7.65. The summed E-state index contributed by atoms with van der Waals surface area (Å²) < 4.78 is 5.86. The Morgan fingerprint density at radius 2 is 2.16 bits per heavy atom. The highest BCUT2D eigenvalue weighted by atomic mass is 16.3. The topological polar surface area (TPSA) is 28.4 Å². The molecule has 0 radical (unpaired) electrons. The first kappa shape index (κ1) is 14.6. The van der Waals surface area contributed by atoms with Gasteiger partial charge in [0, 0.05) is 24.2 Å². The average Bonchev–Trinajstić information content (AvgIpc) is 3.12. The Kier molecular flexibility index (Phi) is 5.06. The van der Waals surface area contributed by atoms with Gasteiger partial charge in [-0.05, 0) is 52.6 Å². The van der Waals surface area contributed by atoms with Gasteiger partial charge >= 0.3 is 0 Å². The molecule has 19 heavy (non-hydrogen) atoms. The molecule has 1 saturated carbocycles. The van der Waals surface area contributed by atoms with E-state index in [9.17, 15) is 0 Å². The first-order chi connectivity index (χ1) is 9.10. The zero-order valence-corrected chi connectivity index (χ0v) is 12.8. The fraction of sp³-hybridized carbons (Fsp3) is 0.750. The molecule has 1 heterocycles. The molecule has 0 aliphatic heterocycles. The summed E-state index contributed by atoms with van der Waals surface area (Å²) in [4.78, 5) is 2.51. The van der Waals surface area contributed by atoms with Crippen molar-refractivity contribution in [2.24, 2.45) is 0 Å². The van der Waals surface area contributed by atoms with Crippen LogP contribution in [-0.2, 0) is 13.1 Å². The maximum atomic E-state index is 5.86. The van der Waals surface area contributed by atoms with Crippen LogP contribution in [0.25, 0.3) is 0 Å². The van der Waals surface area contributed by atoms with Gasteiger partial charge in [0.05, 0.1) is 6.54 Å². The summed E-state index contributed by atoms with van der Waals surface area (Å²) >= 11 is 0. The summed E-state index contributed by atoms with van der Waals surface area (Å²) in [5.41, 5.74) is 1.34. The van der Waals surface area contributed by atoms with Gasteiger partial charge in [0.25, 0.3) is 0 Å². The molecule has 1 aromatic rings. The summed E-state index contributed by atoms with van der Waals surface area (Å²) in [6.07, 6.45) is 3.85. The van der Waals surface area contributed by atoms with Gasteiger partial charge in [-0.25, -0.2) is 0 Å². The lowest BCUT2D eigenvalue weighted by molar-refractivity contribution is 0.212. The smallest absolute Gasteiger partial charge is 0.118 e. The highest BCUT2D eigenvalue weighted by Crippen LogP contribution is 2.21. The zero-order valence-electron chi connectivity index (χ0n) is 12.8. The summed E-state index contributed by atoms with van der Waals surface area (Å²) in [6, 6.07) is 3.55. The fourth-order valence-electron chi connectivity index (χ4n) is 2.39. The monoisotopic (exact) mass is 264 g/mol. The first-order valence-electron chi connectivity index (χ1n) is 7.65. The van der Waals surface area contributed by atoms with Crippen LogP contribution < -0.4 is 5.32 Å². The van der Waals surface area contributed by atoms with E-state index in [1.807, 2.05) is 0 Å². The lowest BCUT2D eigenvalue weighted by atomic mass is 10.2. The van der Waals surface area contributed by atoms with Gasteiger partial charge in [0.1, 0.15) is 11.5 Å². The van der Waals surface area contributed by atoms with Crippen LogP contribution >= 0.6 is 0 Å². The second-order valence-corrected chi connectivity index (χ2v) is 6.01. The van der Waals surface area contributed by atoms with E-state index in [1.165, 1.54) is 24.8 Å². The minimum absolute atomic E-state index is 0.585. The molecular weight excluding hydrogens is 236 g/mol. The molecule has 1 fully saturated rings. The number of furan rings is 1. The van der Waals surface area contributed by atoms with Gasteiger partial charge in [-0.15, -0.1) is 0 Å². The van der Waals surface area contributed by atoms with E-state index in [1.54, 1.807) is 0 Å². The van der Waals surface area contributed by atoms with Crippen LogP contribution in [0.15, 0.2) is 10.5 Å². The predicted octanol–water partition coefficient (Wildman–Crippen LogP) is 3.46. The van der Waals surface area contributed by atoms with Crippen molar-refractivity contribution in [2.45, 2.75) is 72.1 Å². The number of rotatable bonds is 8. The Balaban J connectivity index is 1.93. The Morgan fingerprint density at radius 3 is 2.74 bits per heavy atom. The van der Waals surface area contributed by atoms with E-state index in [-0.39, 0.29) is 0 Å². The number of nitrogens with zero attached hydrogens (tertiary/aromatic N) is 1. The standard InChI is InChI=1S/C16H28N2O/c1-5-8-18(12(2)3)11-14-9-16(19-13(14)4)10-17-15-6-7-15/h9,12,15,17H,5-8,10-11H2,1-4H3. The van der Waals surface area contributed by atoms with Crippen molar-refractivity contribution in [1.29, 1.82) is 0 Å². The van der Waals surface area contributed by atoms with E-state index in [2.05, 4.69) is 44.0 Å². The summed E-state index contributed by atoms with van der Waals surface area (Å²) in [5.74, 6) is 2.16. The molecule has 3 heteroatoms. The molecule has 1 N–H and O–H groups in total. The van der Waals surface area contributed by atoms with Crippen LogP contribution in [0, 0.1) is 6.92 Å². The zero-order chi connectivity index (χ0) is 13.8. The van der Waals surface area contributed by atoms with Gasteiger partial charge in [-0.1, -0.05) is 6.92 Å². The Labute approximate surface area is 117 Å². The van der Waals surface area contributed by atoms with Crippen molar-refractivity contribution < 1.29 is 4.42 Å². The normalized spacial score (nSPS) is 15.7. The van der Waals surface area contributed by atoms with Crippen LogP contribution in [0.3, 0.4) is 0 Å². The minimum Gasteiger partial charge on any atom is -0.465 e. The van der Waals surface area contributed by atoms with Crippen molar-refractivity contribution >= 4 is 0 Å². The summed E-state index contributed by atoms with van der Waals surface area (Å²) in [6.45, 7) is 11.9. The third kappa shape index (κ3) is 4.36. The summed E-state index contributed by atoms with van der Waals surface area (Å²) in [5, 5.41) is 3.51. The second-order valence-electron chi connectivity index (χ2n) is 6.01. The molecule has 2 rings (SSSR count). The molecule has 0 unspecified atom stereocenters. The lowest BCUT2D eigenvalue weighted by Gasteiger charge is -2.25. The molecule has 3 nitrogen and oxygen atoms in total. The highest BCUT2D eigenvalue weighted by molar-refractivity contribution is 5.21. The number of hydrogen-bond acceptors (Lipinski definition) is 3. The number of aryl methyl sites for hydroxylation is 1. The molecule has 0 bridgehead atoms. The van der Waals surface area contributed by atoms with Gasteiger partial charge in [-0.3, -0.25) is 4.90 Å². The van der Waals surface area contributed by atoms with E-state index in [0.29, 0.717) is 6.04 Å². The van der Waals surface area contributed by atoms with Gasteiger partial charge in [0.2, 0.25) is 0 Å². The lowest BCUT2D eigenvalue weighted by Crippen LogP contribution is -2.31. The van der Waals surface area contributed by atoms with Crippen LogP contribution in [0.2, 0.25) is 0 Å². The van der Waals surface area contributed by atoms with Crippen molar-refractivity contribution in [2.75, 3.05) is 6.54 Å². The molecule has 0 atom stereocenters. The van der Waals surface area contributed by atoms with Crippen molar-refractivity contribution in [1.82, 2.24) is 10.2 Å². The van der Waals surface area contributed by atoms with Crippen LogP contribution in [0.4, 0.5) is 0 Å². The molecular formula is C16H28N2O. The van der Waals surface area contributed by atoms with Crippen LogP contribution in [0.5, 0.6) is 0 Å². The maximum absolute atomic E-state index is 5.86. The molecule has 1 aliphatic rings. The van der Waals surface area contributed by atoms with Crippen LogP contribution in [0.1, 0.15) is 57.1 Å². The number of nitrogens with one attached hydrogen (secondary N) is 1. The van der Waals surface area contributed by atoms with E-state index < -0.39 is 0 Å². The van der Waals surface area contributed by atoms with Gasteiger partial charge in [0.15, 0.2) is 0 Å². The predicted molar refractivity (Wildman–Crippen MR) is 79.1 cm³/mol. The average molecular weight is 264 g/mol. The Morgan fingerprint density at radius 1 is 1.42 bits per heavy atom. The quantitative estimate of drug-likeness (QED) is 0.779. The minimum atomic E-state index is 0.585. The van der Waals surface area contributed by atoms with E-state index >= 15 is 0 Å². The maximum Gasteiger partial charge on any atom is 0.118 e. The molecule has 0 spiro atoms. The Bertz CT molecular complexity index is 393. The van der Waals surface area contributed by atoms with Gasteiger partial charge in [-0.2, -0.15) is 0 Å². The third-order valence-electron chi connectivity index (χ3n) is 3.83. The van der Waals surface area contributed by atoms with E-state index in [4.69, 9.17) is 4.42 Å². The fourth-order valence-corrected chi connectivity index (χ4v) is 2.39. The highest BCUT2D eigenvalue weighted by Gasteiger charge is 2.21. The van der Waals surface area contributed by atoms with Crippen molar-refractivity contribution in [3.05, 3.63) is 23.2 Å².